The van der Waals surface area contributed by atoms with Gasteiger partial charge in [-0.3, -0.25) is 4.79 Å². The first-order valence-electron chi connectivity index (χ1n) is 7.24. The molecule has 1 heterocycles. The summed E-state index contributed by atoms with van der Waals surface area (Å²) in [7, 11) is 0. The number of hydrogen-bond acceptors (Lipinski definition) is 3. The van der Waals surface area contributed by atoms with Gasteiger partial charge in [-0.05, 0) is 25.2 Å². The molecule has 5 heteroatoms. The highest BCUT2D eigenvalue weighted by atomic mass is 16.4. The van der Waals surface area contributed by atoms with Crippen molar-refractivity contribution < 1.29 is 19.1 Å². The zero-order chi connectivity index (χ0) is 14.5. The van der Waals surface area contributed by atoms with Crippen LogP contribution in [0, 0.1) is 5.92 Å². The number of amides is 1. The molecule has 110 valence electrons. The van der Waals surface area contributed by atoms with Gasteiger partial charge in [0, 0.05) is 12.1 Å². The van der Waals surface area contributed by atoms with Gasteiger partial charge in [-0.2, -0.15) is 0 Å². The highest BCUT2D eigenvalue weighted by molar-refractivity contribution is 5.95. The fourth-order valence-electron chi connectivity index (χ4n) is 2.50. The minimum absolute atomic E-state index is 0.00361. The minimum atomic E-state index is -1.09. The smallest absolute Gasteiger partial charge is 0.338 e. The second-order valence-corrected chi connectivity index (χ2v) is 5.42. The molecule has 1 aliphatic rings. The van der Waals surface area contributed by atoms with E-state index in [9.17, 15) is 9.59 Å². The lowest BCUT2D eigenvalue weighted by molar-refractivity contribution is 0.0695. The summed E-state index contributed by atoms with van der Waals surface area (Å²) >= 11 is 0. The predicted molar refractivity (Wildman–Crippen MR) is 73.8 cm³/mol. The van der Waals surface area contributed by atoms with Gasteiger partial charge in [-0.15, -0.1) is 0 Å². The van der Waals surface area contributed by atoms with Crippen LogP contribution in [0.3, 0.4) is 0 Å². The Morgan fingerprint density at radius 3 is 2.75 bits per heavy atom. The summed E-state index contributed by atoms with van der Waals surface area (Å²) in [5.74, 6) is -0.776. The van der Waals surface area contributed by atoms with E-state index in [1.54, 1.807) is 0 Å². The van der Waals surface area contributed by atoms with Crippen LogP contribution in [0.2, 0.25) is 0 Å². The van der Waals surface area contributed by atoms with Crippen LogP contribution in [0.25, 0.3) is 0 Å². The molecule has 1 aromatic heterocycles. The van der Waals surface area contributed by atoms with Crippen LogP contribution in [0.5, 0.6) is 0 Å². The molecule has 5 nitrogen and oxygen atoms in total. The van der Waals surface area contributed by atoms with E-state index >= 15 is 0 Å². The number of carboxylic acids is 1. The van der Waals surface area contributed by atoms with Crippen molar-refractivity contribution in [2.24, 2.45) is 5.92 Å². The Morgan fingerprint density at radius 2 is 2.25 bits per heavy atom. The number of nitrogens with one attached hydrogen (secondary N) is 1. The van der Waals surface area contributed by atoms with Crippen molar-refractivity contribution >= 4 is 11.9 Å². The lowest BCUT2D eigenvalue weighted by Crippen LogP contribution is -2.42. The van der Waals surface area contributed by atoms with E-state index in [0.29, 0.717) is 5.92 Å². The maximum Gasteiger partial charge on any atom is 0.338 e. The Bertz CT molecular complexity index is 476. The van der Waals surface area contributed by atoms with Crippen LogP contribution >= 0.6 is 0 Å². The lowest BCUT2D eigenvalue weighted by atomic mass is 9.78. The number of aromatic carboxylic acids is 1. The minimum Gasteiger partial charge on any atom is -0.478 e. The van der Waals surface area contributed by atoms with E-state index in [1.165, 1.54) is 12.5 Å². The van der Waals surface area contributed by atoms with E-state index in [-0.39, 0.29) is 23.3 Å². The summed E-state index contributed by atoms with van der Waals surface area (Å²) in [5.41, 5.74) is 0.00361. The van der Waals surface area contributed by atoms with Gasteiger partial charge in [0.05, 0.1) is 5.56 Å². The summed E-state index contributed by atoms with van der Waals surface area (Å²) in [5, 5.41) is 11.8. The number of rotatable bonds is 7. The molecule has 0 spiro atoms. The maximum atomic E-state index is 12.1. The van der Waals surface area contributed by atoms with E-state index in [0.717, 1.165) is 38.4 Å². The summed E-state index contributed by atoms with van der Waals surface area (Å²) in [6, 6.07) is 1.45. The average molecular weight is 279 g/mol. The molecule has 20 heavy (non-hydrogen) atoms. The molecular formula is C15H21NO4. The molecule has 0 radical (unpaired) electrons. The van der Waals surface area contributed by atoms with Crippen LogP contribution in [-0.2, 0) is 0 Å². The predicted octanol–water partition coefficient (Wildman–Crippen LogP) is 3.07. The largest absolute Gasteiger partial charge is 0.478 e. The van der Waals surface area contributed by atoms with Gasteiger partial charge in [-0.1, -0.05) is 26.2 Å². The molecule has 2 rings (SSSR count). The highest BCUT2D eigenvalue weighted by Crippen LogP contribution is 2.31. The average Bonchev–Trinajstić information content (AvgIpc) is 2.83. The SMILES string of the molecule is CCCCC(NC(=O)c1cc(C(=O)O)co1)C1CCC1. The van der Waals surface area contributed by atoms with Gasteiger partial charge in [0.2, 0.25) is 0 Å². The van der Waals surface area contributed by atoms with Crippen LogP contribution in [0.1, 0.15) is 66.4 Å². The molecule has 0 aromatic carbocycles. The molecule has 1 amide bonds. The number of carbonyl (C=O) groups is 2. The number of hydrogen-bond donors (Lipinski definition) is 2. The fraction of sp³-hybridized carbons (Fsp3) is 0.600. The van der Waals surface area contributed by atoms with Crippen molar-refractivity contribution in [2.75, 3.05) is 0 Å². The lowest BCUT2D eigenvalue weighted by Gasteiger charge is -2.34. The number of unbranched alkanes of at least 4 members (excludes halogenated alkanes) is 1. The first kappa shape index (κ1) is 14.6. The summed E-state index contributed by atoms with van der Waals surface area (Å²) in [6.07, 6.45) is 7.80. The monoisotopic (exact) mass is 279 g/mol. The Labute approximate surface area is 118 Å². The van der Waals surface area contributed by atoms with Crippen molar-refractivity contribution in [2.45, 2.75) is 51.5 Å². The zero-order valence-corrected chi connectivity index (χ0v) is 11.7. The van der Waals surface area contributed by atoms with Crippen molar-refractivity contribution in [1.29, 1.82) is 0 Å². The van der Waals surface area contributed by atoms with Gasteiger partial charge in [-0.25, -0.2) is 4.79 Å². The number of carbonyl (C=O) groups excluding carboxylic acids is 1. The molecule has 1 saturated carbocycles. The number of furan rings is 1. The molecule has 0 aliphatic heterocycles. The third-order valence-electron chi connectivity index (χ3n) is 3.97. The van der Waals surface area contributed by atoms with Crippen molar-refractivity contribution in [3.05, 3.63) is 23.7 Å². The summed E-state index contributed by atoms with van der Waals surface area (Å²) < 4.78 is 5.03. The number of carboxylic acid groups (broad SMARTS) is 1. The first-order valence-corrected chi connectivity index (χ1v) is 7.24. The van der Waals surface area contributed by atoms with E-state index in [1.807, 2.05) is 0 Å². The zero-order valence-electron chi connectivity index (χ0n) is 11.7. The van der Waals surface area contributed by atoms with Crippen LogP contribution in [0.15, 0.2) is 16.7 Å². The molecular weight excluding hydrogens is 258 g/mol. The Kier molecular flexibility index (Phi) is 4.82. The van der Waals surface area contributed by atoms with Gasteiger partial charge < -0.3 is 14.8 Å². The second kappa shape index (κ2) is 6.59. The molecule has 1 aliphatic carbocycles. The molecule has 0 bridgehead atoms. The normalized spacial score (nSPS) is 16.4. The van der Waals surface area contributed by atoms with Crippen molar-refractivity contribution in [3.8, 4) is 0 Å². The Balaban J connectivity index is 1.97. The molecule has 0 saturated heterocycles. The van der Waals surface area contributed by atoms with Gasteiger partial charge in [0.15, 0.2) is 5.76 Å². The first-order chi connectivity index (χ1) is 9.61. The Hall–Kier alpha value is -1.78. The molecule has 1 unspecified atom stereocenters. The van der Waals surface area contributed by atoms with E-state index in [4.69, 9.17) is 9.52 Å². The fourth-order valence-corrected chi connectivity index (χ4v) is 2.50. The topological polar surface area (TPSA) is 79.5 Å². The molecule has 1 aromatic rings. The van der Waals surface area contributed by atoms with Gasteiger partial charge in [0.25, 0.3) is 5.91 Å². The van der Waals surface area contributed by atoms with E-state index < -0.39 is 5.97 Å². The van der Waals surface area contributed by atoms with E-state index in [2.05, 4.69) is 12.2 Å². The maximum absolute atomic E-state index is 12.1. The molecule has 1 atom stereocenters. The summed E-state index contributed by atoms with van der Waals surface area (Å²) in [4.78, 5) is 22.9. The summed E-state index contributed by atoms with van der Waals surface area (Å²) in [6.45, 7) is 2.13. The van der Waals surface area contributed by atoms with Gasteiger partial charge >= 0.3 is 5.97 Å². The third kappa shape index (κ3) is 3.40. The third-order valence-corrected chi connectivity index (χ3v) is 3.97. The molecule has 2 N–H and O–H groups in total. The second-order valence-electron chi connectivity index (χ2n) is 5.42. The molecule has 1 fully saturated rings. The quantitative estimate of drug-likeness (QED) is 0.804. The van der Waals surface area contributed by atoms with Crippen LogP contribution in [-0.4, -0.2) is 23.0 Å². The Morgan fingerprint density at radius 1 is 1.50 bits per heavy atom. The van der Waals surface area contributed by atoms with Crippen LogP contribution in [0.4, 0.5) is 0 Å². The van der Waals surface area contributed by atoms with Crippen molar-refractivity contribution in [3.63, 3.8) is 0 Å². The standard InChI is InChI=1S/C15H21NO4/c1-2-3-7-12(10-5-4-6-10)16-14(17)13-8-11(9-20-13)15(18)19/h8-10,12H,2-7H2,1H3,(H,16,17)(H,18,19). The van der Waals surface area contributed by atoms with Crippen molar-refractivity contribution in [1.82, 2.24) is 5.32 Å². The highest BCUT2D eigenvalue weighted by Gasteiger charge is 2.29. The van der Waals surface area contributed by atoms with Gasteiger partial charge in [0.1, 0.15) is 6.26 Å². The van der Waals surface area contributed by atoms with Crippen LogP contribution < -0.4 is 5.32 Å².